The third-order valence-corrected chi connectivity index (χ3v) is 4.35. The first-order chi connectivity index (χ1) is 9.57. The second kappa shape index (κ2) is 5.90. The van der Waals surface area contributed by atoms with Gasteiger partial charge < -0.3 is 20.8 Å². The predicted octanol–water partition coefficient (Wildman–Crippen LogP) is 1.59. The zero-order valence-electron chi connectivity index (χ0n) is 11.9. The summed E-state index contributed by atoms with van der Waals surface area (Å²) in [7, 11) is 1.76. The molecule has 0 unspecified atom stereocenters. The Bertz CT molecular complexity index is 587. The zero-order valence-corrected chi connectivity index (χ0v) is 12.7. The van der Waals surface area contributed by atoms with Crippen molar-refractivity contribution in [3.63, 3.8) is 0 Å². The van der Waals surface area contributed by atoms with Crippen LogP contribution >= 0.6 is 11.3 Å². The predicted molar refractivity (Wildman–Crippen MR) is 82.5 cm³/mol. The minimum Gasteiger partial charge on any atom is -0.394 e. The number of aromatic nitrogens is 2. The van der Waals surface area contributed by atoms with E-state index in [0.29, 0.717) is 18.2 Å². The van der Waals surface area contributed by atoms with Crippen molar-refractivity contribution in [2.75, 3.05) is 30.9 Å². The molecular weight excluding hydrogens is 276 g/mol. The molecule has 0 saturated heterocycles. The standard InChI is InChI=1S/C13H20N4O2S/c1-4-13(6-18,7-19)17-10-9-5-8(2)20-11(9)16-12(14-3)15-10/h5,18-19H,4,6-7H2,1-3H3,(H2,14,15,16,17). The Labute approximate surface area is 121 Å². The summed E-state index contributed by atoms with van der Waals surface area (Å²) in [6.45, 7) is 3.60. The summed E-state index contributed by atoms with van der Waals surface area (Å²) in [5.41, 5.74) is -0.776. The van der Waals surface area contributed by atoms with Crippen molar-refractivity contribution in [3.05, 3.63) is 10.9 Å². The molecule has 0 fully saturated rings. The number of nitrogens with one attached hydrogen (secondary N) is 2. The molecule has 110 valence electrons. The van der Waals surface area contributed by atoms with Gasteiger partial charge in [0.2, 0.25) is 5.95 Å². The summed E-state index contributed by atoms with van der Waals surface area (Å²) in [4.78, 5) is 10.8. The summed E-state index contributed by atoms with van der Waals surface area (Å²) in [6.07, 6.45) is 0.587. The van der Waals surface area contributed by atoms with Crippen LogP contribution in [0.25, 0.3) is 10.2 Å². The van der Waals surface area contributed by atoms with Gasteiger partial charge in [0.1, 0.15) is 10.6 Å². The molecule has 6 nitrogen and oxygen atoms in total. The molecule has 0 spiro atoms. The molecule has 0 amide bonds. The van der Waals surface area contributed by atoms with E-state index in [1.807, 2.05) is 19.9 Å². The number of aliphatic hydroxyl groups excluding tert-OH is 2. The molecular formula is C13H20N4O2S. The monoisotopic (exact) mass is 296 g/mol. The number of rotatable bonds is 6. The molecule has 2 aromatic rings. The smallest absolute Gasteiger partial charge is 0.225 e. The third kappa shape index (κ3) is 2.70. The van der Waals surface area contributed by atoms with Crippen LogP contribution in [0, 0.1) is 6.92 Å². The van der Waals surface area contributed by atoms with E-state index in [9.17, 15) is 10.2 Å². The highest BCUT2D eigenvalue weighted by atomic mass is 32.1. The molecule has 0 saturated carbocycles. The number of fused-ring (bicyclic) bond motifs is 1. The molecule has 0 aliphatic carbocycles. The second-order valence-electron chi connectivity index (χ2n) is 4.80. The van der Waals surface area contributed by atoms with Gasteiger partial charge in [0.15, 0.2) is 0 Å². The lowest BCUT2D eigenvalue weighted by atomic mass is 9.98. The van der Waals surface area contributed by atoms with Gasteiger partial charge >= 0.3 is 0 Å². The van der Waals surface area contributed by atoms with Gasteiger partial charge in [-0.2, -0.15) is 4.98 Å². The molecule has 0 aliphatic heterocycles. The van der Waals surface area contributed by atoms with Crippen molar-refractivity contribution in [2.24, 2.45) is 0 Å². The molecule has 0 radical (unpaired) electrons. The summed E-state index contributed by atoms with van der Waals surface area (Å²) >= 11 is 1.59. The van der Waals surface area contributed by atoms with Crippen molar-refractivity contribution in [1.29, 1.82) is 0 Å². The van der Waals surface area contributed by atoms with Crippen LogP contribution in [0.3, 0.4) is 0 Å². The summed E-state index contributed by atoms with van der Waals surface area (Å²) < 4.78 is 0. The lowest BCUT2D eigenvalue weighted by Crippen LogP contribution is -2.45. The van der Waals surface area contributed by atoms with Crippen molar-refractivity contribution in [2.45, 2.75) is 25.8 Å². The number of nitrogens with zero attached hydrogens (tertiary/aromatic N) is 2. The van der Waals surface area contributed by atoms with Gasteiger partial charge in [0.25, 0.3) is 0 Å². The molecule has 0 atom stereocenters. The van der Waals surface area contributed by atoms with Crippen LogP contribution in [0.5, 0.6) is 0 Å². The Morgan fingerprint density at radius 3 is 2.55 bits per heavy atom. The van der Waals surface area contributed by atoms with E-state index in [-0.39, 0.29) is 13.2 Å². The quantitative estimate of drug-likeness (QED) is 0.647. The molecule has 0 aromatic carbocycles. The number of hydrogen-bond acceptors (Lipinski definition) is 7. The highest BCUT2D eigenvalue weighted by Crippen LogP contribution is 2.31. The first kappa shape index (κ1) is 15.0. The normalized spacial score (nSPS) is 11.8. The van der Waals surface area contributed by atoms with Gasteiger partial charge in [-0.15, -0.1) is 11.3 Å². The van der Waals surface area contributed by atoms with Crippen LogP contribution < -0.4 is 10.6 Å². The van der Waals surface area contributed by atoms with Gasteiger partial charge in [-0.05, 0) is 19.4 Å². The van der Waals surface area contributed by atoms with Gasteiger partial charge in [0, 0.05) is 11.9 Å². The molecule has 2 heterocycles. The lowest BCUT2D eigenvalue weighted by Gasteiger charge is -2.30. The number of aliphatic hydroxyl groups is 2. The Hall–Kier alpha value is -1.44. The van der Waals surface area contributed by atoms with Crippen molar-refractivity contribution in [3.8, 4) is 0 Å². The highest BCUT2D eigenvalue weighted by molar-refractivity contribution is 7.18. The van der Waals surface area contributed by atoms with E-state index in [1.54, 1.807) is 18.4 Å². The van der Waals surface area contributed by atoms with Crippen LogP contribution in [0.1, 0.15) is 18.2 Å². The SMILES string of the molecule is CCC(CO)(CO)Nc1nc(NC)nc2sc(C)cc12. The Morgan fingerprint density at radius 2 is 2.00 bits per heavy atom. The lowest BCUT2D eigenvalue weighted by molar-refractivity contribution is 0.132. The third-order valence-electron chi connectivity index (χ3n) is 3.41. The Balaban J connectivity index is 2.51. The fourth-order valence-corrected chi connectivity index (χ4v) is 2.82. The topological polar surface area (TPSA) is 90.3 Å². The molecule has 0 bridgehead atoms. The highest BCUT2D eigenvalue weighted by Gasteiger charge is 2.28. The van der Waals surface area contributed by atoms with Crippen molar-refractivity contribution < 1.29 is 10.2 Å². The van der Waals surface area contributed by atoms with E-state index in [4.69, 9.17) is 0 Å². The largest absolute Gasteiger partial charge is 0.394 e. The van der Waals surface area contributed by atoms with E-state index in [1.165, 1.54) is 0 Å². The number of hydrogen-bond donors (Lipinski definition) is 4. The average molecular weight is 296 g/mol. The molecule has 7 heteroatoms. The minimum atomic E-state index is -0.776. The first-order valence-corrected chi connectivity index (χ1v) is 7.35. The second-order valence-corrected chi connectivity index (χ2v) is 6.03. The first-order valence-electron chi connectivity index (χ1n) is 6.53. The molecule has 2 aromatic heterocycles. The van der Waals surface area contributed by atoms with Crippen LogP contribution in [-0.4, -0.2) is 46.0 Å². The van der Waals surface area contributed by atoms with Gasteiger partial charge in [-0.3, -0.25) is 0 Å². The number of anilines is 2. The molecule has 2 rings (SSSR count). The van der Waals surface area contributed by atoms with Gasteiger partial charge in [0.05, 0.1) is 24.1 Å². The van der Waals surface area contributed by atoms with Crippen LogP contribution in [0.15, 0.2) is 6.07 Å². The molecule has 20 heavy (non-hydrogen) atoms. The maximum absolute atomic E-state index is 9.56. The summed E-state index contributed by atoms with van der Waals surface area (Å²) in [5.74, 6) is 1.15. The van der Waals surface area contributed by atoms with Gasteiger partial charge in [-0.1, -0.05) is 6.92 Å². The van der Waals surface area contributed by atoms with Crippen molar-refractivity contribution in [1.82, 2.24) is 9.97 Å². The minimum absolute atomic E-state index is 0.163. The fraction of sp³-hybridized carbons (Fsp3) is 0.538. The Morgan fingerprint density at radius 1 is 1.30 bits per heavy atom. The van der Waals surface area contributed by atoms with Gasteiger partial charge in [-0.25, -0.2) is 4.98 Å². The maximum Gasteiger partial charge on any atom is 0.225 e. The van der Waals surface area contributed by atoms with Crippen LogP contribution in [-0.2, 0) is 0 Å². The van der Waals surface area contributed by atoms with Crippen LogP contribution in [0.4, 0.5) is 11.8 Å². The number of thiophene rings is 1. The van der Waals surface area contributed by atoms with Crippen molar-refractivity contribution >= 4 is 33.3 Å². The Kier molecular flexibility index (Phi) is 4.42. The van der Waals surface area contributed by atoms with E-state index < -0.39 is 5.54 Å². The average Bonchev–Trinajstić information content (AvgIpc) is 2.85. The zero-order chi connectivity index (χ0) is 14.8. The molecule has 0 aliphatic rings. The van der Waals surface area contributed by atoms with E-state index in [0.717, 1.165) is 15.1 Å². The summed E-state index contributed by atoms with van der Waals surface area (Å²) in [5, 5.41) is 26.2. The van der Waals surface area contributed by atoms with Crippen LogP contribution in [0.2, 0.25) is 0 Å². The number of aryl methyl sites for hydroxylation is 1. The summed E-state index contributed by atoms with van der Waals surface area (Å²) in [6, 6.07) is 2.01. The maximum atomic E-state index is 9.56. The van der Waals surface area contributed by atoms with E-state index in [2.05, 4.69) is 20.6 Å². The van der Waals surface area contributed by atoms with E-state index >= 15 is 0 Å². The fourth-order valence-electron chi connectivity index (χ4n) is 1.94. The molecule has 4 N–H and O–H groups in total.